The van der Waals surface area contributed by atoms with Gasteiger partial charge in [-0.15, -0.1) is 0 Å². The zero-order chi connectivity index (χ0) is 22.1. The number of aromatic nitrogens is 1. The van der Waals surface area contributed by atoms with Crippen LogP contribution < -0.4 is 10.6 Å². The lowest BCUT2D eigenvalue weighted by molar-refractivity contribution is -0.137. The van der Waals surface area contributed by atoms with Crippen LogP contribution in [0.3, 0.4) is 0 Å². The van der Waals surface area contributed by atoms with E-state index in [0.717, 1.165) is 43.2 Å². The summed E-state index contributed by atoms with van der Waals surface area (Å²) in [6.45, 7) is 1.58. The van der Waals surface area contributed by atoms with E-state index in [0.29, 0.717) is 38.6 Å². The quantitative estimate of drug-likeness (QED) is 0.590. The fourth-order valence-corrected chi connectivity index (χ4v) is 4.20. The molecule has 0 fully saturated rings. The summed E-state index contributed by atoms with van der Waals surface area (Å²) in [7, 11) is 0. The fraction of sp³-hybridized carbons (Fsp3) is 0.542. The van der Waals surface area contributed by atoms with E-state index >= 15 is 0 Å². The molecule has 0 saturated heterocycles. The van der Waals surface area contributed by atoms with Crippen molar-refractivity contribution in [2.24, 2.45) is 0 Å². The first-order valence-electron chi connectivity index (χ1n) is 11.4. The van der Waals surface area contributed by atoms with E-state index in [4.69, 9.17) is 5.11 Å². The van der Waals surface area contributed by atoms with Crippen LogP contribution >= 0.6 is 0 Å². The molecule has 1 aromatic heterocycles. The van der Waals surface area contributed by atoms with Crippen LogP contribution in [0, 0.1) is 0 Å². The predicted molar refractivity (Wildman–Crippen MR) is 120 cm³/mol. The Morgan fingerprint density at radius 3 is 2.68 bits per heavy atom. The molecule has 2 amide bonds. The Hall–Kier alpha value is -2.83. The van der Waals surface area contributed by atoms with Crippen molar-refractivity contribution in [3.05, 3.63) is 36.0 Å². The predicted octanol–water partition coefficient (Wildman–Crippen LogP) is 3.39. The molecule has 2 heterocycles. The number of amides is 2. The summed E-state index contributed by atoms with van der Waals surface area (Å²) in [5.41, 5.74) is 2.23. The number of nitrogens with zero attached hydrogens (tertiary/aromatic N) is 1. The van der Waals surface area contributed by atoms with Gasteiger partial charge in [0.25, 0.3) is 0 Å². The molecular weight excluding hydrogens is 394 g/mol. The number of benzene rings is 1. The number of carbonyl (C=O) groups excluding carboxylic acids is 2. The highest BCUT2D eigenvalue weighted by atomic mass is 16.4. The summed E-state index contributed by atoms with van der Waals surface area (Å²) in [6, 6.07) is 7.60. The van der Waals surface area contributed by atoms with E-state index in [1.54, 1.807) is 0 Å². The number of carboxylic acid groups (broad SMARTS) is 1. The zero-order valence-electron chi connectivity index (χ0n) is 18.1. The highest BCUT2D eigenvalue weighted by Crippen LogP contribution is 2.24. The molecule has 31 heavy (non-hydrogen) atoms. The first-order valence-corrected chi connectivity index (χ1v) is 11.4. The Kier molecular flexibility index (Phi) is 8.50. The maximum absolute atomic E-state index is 12.9. The van der Waals surface area contributed by atoms with E-state index in [1.165, 1.54) is 5.52 Å². The molecule has 0 spiro atoms. The minimum absolute atomic E-state index is 0.122. The Bertz CT molecular complexity index is 905. The van der Waals surface area contributed by atoms with Crippen LogP contribution in [0.4, 0.5) is 0 Å². The molecule has 2 aromatic rings. The van der Waals surface area contributed by atoms with Gasteiger partial charge < -0.3 is 20.3 Å². The van der Waals surface area contributed by atoms with Crippen molar-refractivity contribution >= 4 is 28.7 Å². The third-order valence-corrected chi connectivity index (χ3v) is 5.87. The minimum Gasteiger partial charge on any atom is -0.481 e. The number of aryl methyl sites for hydroxylation is 1. The van der Waals surface area contributed by atoms with Crippen molar-refractivity contribution in [3.8, 4) is 0 Å². The van der Waals surface area contributed by atoms with Crippen molar-refractivity contribution in [1.82, 2.24) is 15.2 Å². The van der Waals surface area contributed by atoms with Gasteiger partial charge >= 0.3 is 5.97 Å². The lowest BCUT2D eigenvalue weighted by Crippen LogP contribution is -2.48. The number of carbonyl (C=O) groups is 3. The maximum atomic E-state index is 12.9. The second kappa shape index (κ2) is 11.5. The second-order valence-corrected chi connectivity index (χ2v) is 8.35. The average molecular weight is 428 g/mol. The number of para-hydroxylation sites is 1. The number of fused-ring (bicyclic) bond motifs is 5. The van der Waals surface area contributed by atoms with Gasteiger partial charge in [-0.05, 0) is 37.3 Å². The van der Waals surface area contributed by atoms with Gasteiger partial charge in [-0.2, -0.15) is 0 Å². The van der Waals surface area contributed by atoms with Crippen LogP contribution in [0.5, 0.6) is 0 Å². The van der Waals surface area contributed by atoms with E-state index < -0.39 is 12.0 Å². The Morgan fingerprint density at radius 2 is 1.84 bits per heavy atom. The Morgan fingerprint density at radius 1 is 1.06 bits per heavy atom. The molecule has 3 N–H and O–H groups in total. The van der Waals surface area contributed by atoms with Gasteiger partial charge in [0, 0.05) is 49.5 Å². The number of nitrogens with one attached hydrogen (secondary N) is 2. The molecule has 1 unspecified atom stereocenters. The van der Waals surface area contributed by atoms with Crippen LogP contribution in [-0.2, 0) is 27.3 Å². The summed E-state index contributed by atoms with van der Waals surface area (Å²) in [6.07, 6.45) is 9.09. The molecule has 1 atom stereocenters. The van der Waals surface area contributed by atoms with E-state index in [9.17, 15) is 14.4 Å². The number of hydrogen-bond donors (Lipinski definition) is 3. The number of carboxylic acids is 1. The van der Waals surface area contributed by atoms with E-state index in [1.807, 2.05) is 12.1 Å². The first-order chi connectivity index (χ1) is 15.0. The van der Waals surface area contributed by atoms with Gasteiger partial charge in [-0.25, -0.2) is 0 Å². The molecule has 168 valence electrons. The van der Waals surface area contributed by atoms with E-state index in [-0.39, 0.29) is 18.2 Å². The van der Waals surface area contributed by atoms with Gasteiger partial charge in [-0.1, -0.05) is 37.5 Å². The smallest absolute Gasteiger partial charge is 0.303 e. The van der Waals surface area contributed by atoms with Crippen molar-refractivity contribution < 1.29 is 19.5 Å². The van der Waals surface area contributed by atoms with Crippen LogP contribution in [0.1, 0.15) is 63.4 Å². The molecule has 1 aliphatic heterocycles. The summed E-state index contributed by atoms with van der Waals surface area (Å²) >= 11 is 0. The standard InChI is InChI=1S/C24H33N3O4/c28-22(12-4-3-5-13-23(29)30)26-20-16-18-17-27(21-11-7-6-10-19(18)21)15-9-2-1-8-14-25-24(20)31/h6-7,10-11,17,20H,1-5,8-9,12-16H2,(H,25,31)(H,26,28)(H,29,30). The molecule has 0 radical (unpaired) electrons. The van der Waals surface area contributed by atoms with Crippen LogP contribution in [0.25, 0.3) is 10.9 Å². The Labute approximate surface area is 183 Å². The summed E-state index contributed by atoms with van der Waals surface area (Å²) in [5.74, 6) is -1.12. The van der Waals surface area contributed by atoms with Gasteiger partial charge in [0.2, 0.25) is 11.8 Å². The molecule has 7 nitrogen and oxygen atoms in total. The van der Waals surface area contributed by atoms with Crippen molar-refractivity contribution in [2.45, 2.75) is 76.8 Å². The largest absolute Gasteiger partial charge is 0.481 e. The molecule has 2 bridgehead atoms. The second-order valence-electron chi connectivity index (χ2n) is 8.35. The molecule has 0 saturated carbocycles. The Balaban J connectivity index is 1.70. The van der Waals surface area contributed by atoms with Crippen molar-refractivity contribution in [2.75, 3.05) is 6.54 Å². The maximum Gasteiger partial charge on any atom is 0.303 e. The van der Waals surface area contributed by atoms with Crippen molar-refractivity contribution in [3.63, 3.8) is 0 Å². The van der Waals surface area contributed by atoms with Crippen LogP contribution in [-0.4, -0.2) is 40.0 Å². The molecule has 0 aliphatic carbocycles. The fourth-order valence-electron chi connectivity index (χ4n) is 4.20. The minimum atomic E-state index is -0.815. The number of rotatable bonds is 7. The number of aliphatic carboxylic acids is 1. The zero-order valence-corrected chi connectivity index (χ0v) is 18.1. The lowest BCUT2D eigenvalue weighted by Gasteiger charge is -2.18. The van der Waals surface area contributed by atoms with Crippen LogP contribution in [0.2, 0.25) is 0 Å². The number of hydrogen-bond acceptors (Lipinski definition) is 3. The topological polar surface area (TPSA) is 100 Å². The normalized spacial score (nSPS) is 17.8. The molecule has 1 aliphatic rings. The third kappa shape index (κ3) is 6.84. The summed E-state index contributed by atoms with van der Waals surface area (Å²) in [5, 5.41) is 15.7. The van der Waals surface area contributed by atoms with Crippen molar-refractivity contribution in [1.29, 1.82) is 0 Å². The van der Waals surface area contributed by atoms with Gasteiger partial charge in [0.05, 0.1) is 0 Å². The van der Waals surface area contributed by atoms with Crippen LogP contribution in [0.15, 0.2) is 30.5 Å². The number of unbranched alkanes of at least 4 members (excludes halogenated alkanes) is 2. The molecule has 3 rings (SSSR count). The first kappa shape index (κ1) is 22.8. The van der Waals surface area contributed by atoms with Gasteiger partial charge in [0.15, 0.2) is 0 Å². The highest BCUT2D eigenvalue weighted by molar-refractivity contribution is 5.89. The lowest BCUT2D eigenvalue weighted by atomic mass is 10.0. The highest BCUT2D eigenvalue weighted by Gasteiger charge is 2.23. The monoisotopic (exact) mass is 427 g/mol. The van der Waals surface area contributed by atoms with E-state index in [2.05, 4.69) is 33.5 Å². The summed E-state index contributed by atoms with van der Waals surface area (Å²) < 4.78 is 2.27. The SMILES string of the molecule is O=C(O)CCCCCC(=O)NC1Cc2cn(c3ccccc23)CCCCCCNC1=O. The third-order valence-electron chi connectivity index (χ3n) is 5.87. The molecular formula is C24H33N3O4. The average Bonchev–Trinajstić information content (AvgIpc) is 3.09. The van der Waals surface area contributed by atoms with Gasteiger partial charge in [-0.3, -0.25) is 14.4 Å². The molecule has 1 aromatic carbocycles. The summed E-state index contributed by atoms with van der Waals surface area (Å²) in [4.78, 5) is 35.9. The molecule has 7 heteroatoms. The van der Waals surface area contributed by atoms with Gasteiger partial charge in [0.1, 0.15) is 6.04 Å².